The summed E-state index contributed by atoms with van der Waals surface area (Å²) in [5.41, 5.74) is 6.10. The minimum Gasteiger partial charge on any atom is -0.430 e. The highest BCUT2D eigenvalue weighted by Crippen LogP contribution is 2.30. The van der Waals surface area contributed by atoms with Gasteiger partial charge in [0.2, 0.25) is 5.76 Å². The number of nitrogens with zero attached hydrogens (tertiary/aromatic N) is 4. The Kier molecular flexibility index (Phi) is 6.06. The summed E-state index contributed by atoms with van der Waals surface area (Å²) in [4.78, 5) is 2.22. The number of anilines is 1. The summed E-state index contributed by atoms with van der Waals surface area (Å²) in [5, 5.41) is 23.5. The van der Waals surface area contributed by atoms with E-state index in [1.54, 1.807) is 6.07 Å². The molecule has 0 N–H and O–H groups in total. The Labute approximate surface area is 199 Å². The van der Waals surface area contributed by atoms with Crippen molar-refractivity contribution in [2.45, 2.75) is 39.0 Å². The second-order valence-electron chi connectivity index (χ2n) is 9.06. The van der Waals surface area contributed by atoms with Crippen molar-refractivity contribution >= 4 is 16.9 Å². The van der Waals surface area contributed by atoms with Crippen LogP contribution in [0.5, 0.6) is 0 Å². The van der Waals surface area contributed by atoms with Gasteiger partial charge in [-0.2, -0.15) is 10.5 Å². The molecule has 0 saturated carbocycles. The van der Waals surface area contributed by atoms with E-state index in [0.717, 1.165) is 73.3 Å². The molecule has 2 aromatic carbocycles. The number of piperidine rings is 1. The van der Waals surface area contributed by atoms with Crippen LogP contribution in [0.3, 0.4) is 0 Å². The zero-order chi connectivity index (χ0) is 23.5. The van der Waals surface area contributed by atoms with Gasteiger partial charge in [0.05, 0.1) is 17.3 Å². The third-order valence-electron chi connectivity index (χ3n) is 6.97. The molecule has 1 fully saturated rings. The van der Waals surface area contributed by atoms with Crippen LogP contribution in [0, 0.1) is 35.5 Å². The van der Waals surface area contributed by atoms with Crippen molar-refractivity contribution in [1.29, 1.82) is 10.5 Å². The van der Waals surface area contributed by atoms with E-state index in [1.807, 2.05) is 36.4 Å². The molecule has 0 radical (unpaired) electrons. The van der Waals surface area contributed by atoms with Crippen molar-refractivity contribution in [1.82, 2.24) is 5.16 Å². The quantitative estimate of drug-likeness (QED) is 0.363. The van der Waals surface area contributed by atoms with Crippen LogP contribution in [-0.2, 0) is 12.8 Å². The first-order valence-electron chi connectivity index (χ1n) is 11.7. The summed E-state index contributed by atoms with van der Waals surface area (Å²) in [6.45, 7) is 3.99. The summed E-state index contributed by atoms with van der Waals surface area (Å²) in [5.74, 6) is 1.81. The Morgan fingerprint density at radius 2 is 1.79 bits per heavy atom. The smallest absolute Gasteiger partial charge is 0.206 e. The molecule has 0 aliphatic carbocycles. The van der Waals surface area contributed by atoms with Crippen molar-refractivity contribution in [3.05, 3.63) is 82.2 Å². The molecule has 5 rings (SSSR count). The highest BCUT2D eigenvalue weighted by Gasteiger charge is 2.22. The van der Waals surface area contributed by atoms with E-state index in [0.29, 0.717) is 17.2 Å². The fourth-order valence-corrected chi connectivity index (χ4v) is 4.86. The van der Waals surface area contributed by atoms with E-state index in [1.165, 1.54) is 11.1 Å². The van der Waals surface area contributed by atoms with Crippen LogP contribution in [0.4, 0.5) is 5.88 Å². The molecule has 0 spiro atoms. The first kappa shape index (κ1) is 21.8. The van der Waals surface area contributed by atoms with Gasteiger partial charge in [0.25, 0.3) is 0 Å². The van der Waals surface area contributed by atoms with Gasteiger partial charge in [-0.25, -0.2) is 0 Å². The minimum atomic E-state index is 0.366. The summed E-state index contributed by atoms with van der Waals surface area (Å²) in [7, 11) is 0. The molecule has 1 saturated heterocycles. The number of benzene rings is 2. The van der Waals surface area contributed by atoms with E-state index in [4.69, 9.17) is 19.5 Å². The average Bonchev–Trinajstić information content (AvgIpc) is 3.53. The number of fused-ring (bicyclic) bond motifs is 1. The number of aromatic nitrogens is 1. The molecule has 0 amide bonds. The first-order valence-corrected chi connectivity index (χ1v) is 11.7. The molecule has 1 aliphatic rings. The monoisotopic (exact) mass is 450 g/mol. The van der Waals surface area contributed by atoms with Gasteiger partial charge in [-0.1, -0.05) is 23.4 Å². The van der Waals surface area contributed by atoms with Crippen LogP contribution in [0.1, 0.15) is 53.0 Å². The maximum atomic E-state index is 8.99. The number of furan rings is 1. The second kappa shape index (κ2) is 9.45. The van der Waals surface area contributed by atoms with Gasteiger partial charge in [0.1, 0.15) is 6.07 Å². The Balaban J connectivity index is 1.21. The highest BCUT2D eigenvalue weighted by molar-refractivity contribution is 5.83. The predicted molar refractivity (Wildman–Crippen MR) is 129 cm³/mol. The molecule has 6 heteroatoms. The highest BCUT2D eigenvalue weighted by atomic mass is 16.5. The molecule has 4 aromatic rings. The van der Waals surface area contributed by atoms with Gasteiger partial charge in [0.15, 0.2) is 11.5 Å². The van der Waals surface area contributed by atoms with Crippen LogP contribution in [0.2, 0.25) is 0 Å². The maximum Gasteiger partial charge on any atom is 0.206 e. The predicted octanol–water partition coefficient (Wildman–Crippen LogP) is 5.91. The van der Waals surface area contributed by atoms with Crippen molar-refractivity contribution in [2.75, 3.05) is 18.0 Å². The second-order valence-corrected chi connectivity index (χ2v) is 9.06. The first-order chi connectivity index (χ1) is 16.6. The Morgan fingerprint density at radius 1 is 1.00 bits per heavy atom. The molecule has 3 heterocycles. The molecule has 0 atom stereocenters. The molecular weight excluding hydrogens is 424 g/mol. The third kappa shape index (κ3) is 4.40. The zero-order valence-electron chi connectivity index (χ0n) is 19.3. The van der Waals surface area contributed by atoms with Gasteiger partial charge in [-0.05, 0) is 85.9 Å². The molecule has 6 nitrogen and oxygen atoms in total. The van der Waals surface area contributed by atoms with Gasteiger partial charge in [-0.15, -0.1) is 0 Å². The largest absolute Gasteiger partial charge is 0.430 e. The third-order valence-corrected chi connectivity index (χ3v) is 6.97. The summed E-state index contributed by atoms with van der Waals surface area (Å²) in [6, 6.07) is 19.9. The summed E-state index contributed by atoms with van der Waals surface area (Å²) >= 11 is 0. The Morgan fingerprint density at radius 3 is 2.50 bits per heavy atom. The SMILES string of the molecule is Cc1c(Cc2ccc(C#N)cc2)ccc2c(CCC3CCN(c4ccc(C#N)o4)CC3)noc12. The summed E-state index contributed by atoms with van der Waals surface area (Å²) < 4.78 is 11.4. The lowest BCUT2D eigenvalue weighted by molar-refractivity contribution is 0.364. The number of rotatable bonds is 6. The maximum absolute atomic E-state index is 8.99. The Hall–Kier alpha value is -4.03. The van der Waals surface area contributed by atoms with Crippen molar-refractivity contribution in [2.24, 2.45) is 5.92 Å². The van der Waals surface area contributed by atoms with Crippen molar-refractivity contribution < 1.29 is 8.94 Å². The van der Waals surface area contributed by atoms with Crippen molar-refractivity contribution in [3.63, 3.8) is 0 Å². The number of aryl methyl sites for hydroxylation is 2. The number of nitriles is 2. The van der Waals surface area contributed by atoms with E-state index < -0.39 is 0 Å². The van der Waals surface area contributed by atoms with Crippen LogP contribution in [-0.4, -0.2) is 18.2 Å². The summed E-state index contributed by atoms with van der Waals surface area (Å²) in [6.07, 6.45) is 5.00. The standard InChI is InChI=1S/C28H26N4O2/c1-19-23(16-21-2-4-22(17-29)5-3-21)7-9-25-26(31-34-28(19)25)10-6-20-12-14-32(15-13-20)27-11-8-24(18-30)33-27/h2-5,7-9,11,20H,6,10,12-16H2,1H3. The van der Waals surface area contributed by atoms with Crippen LogP contribution in [0.15, 0.2) is 57.5 Å². The lowest BCUT2D eigenvalue weighted by Crippen LogP contribution is -2.33. The van der Waals surface area contributed by atoms with Crippen LogP contribution in [0.25, 0.3) is 11.0 Å². The van der Waals surface area contributed by atoms with E-state index in [9.17, 15) is 0 Å². The lowest BCUT2D eigenvalue weighted by atomic mass is 9.91. The molecule has 2 aromatic heterocycles. The number of hydrogen-bond acceptors (Lipinski definition) is 6. The molecule has 34 heavy (non-hydrogen) atoms. The van der Waals surface area contributed by atoms with E-state index in [-0.39, 0.29) is 0 Å². The van der Waals surface area contributed by atoms with Gasteiger partial charge in [0, 0.05) is 24.5 Å². The lowest BCUT2D eigenvalue weighted by Gasteiger charge is -2.31. The van der Waals surface area contributed by atoms with Crippen LogP contribution >= 0.6 is 0 Å². The van der Waals surface area contributed by atoms with E-state index in [2.05, 4.69) is 35.2 Å². The molecule has 170 valence electrons. The molecule has 1 aliphatic heterocycles. The molecular formula is C28H26N4O2. The normalized spacial score (nSPS) is 14.3. The topological polar surface area (TPSA) is 90.0 Å². The van der Waals surface area contributed by atoms with E-state index >= 15 is 0 Å². The fraction of sp³-hybridized carbons (Fsp3) is 0.321. The average molecular weight is 451 g/mol. The van der Waals surface area contributed by atoms with Crippen molar-refractivity contribution in [3.8, 4) is 12.1 Å². The van der Waals surface area contributed by atoms with Crippen LogP contribution < -0.4 is 4.90 Å². The zero-order valence-corrected chi connectivity index (χ0v) is 19.3. The fourth-order valence-electron chi connectivity index (χ4n) is 4.86. The minimum absolute atomic E-state index is 0.366. The number of hydrogen-bond donors (Lipinski definition) is 0. The van der Waals surface area contributed by atoms with Gasteiger partial charge in [-0.3, -0.25) is 0 Å². The van der Waals surface area contributed by atoms with Gasteiger partial charge < -0.3 is 13.8 Å². The molecule has 0 bridgehead atoms. The van der Waals surface area contributed by atoms with Gasteiger partial charge >= 0.3 is 0 Å². The molecule has 0 unspecified atom stereocenters. The Bertz CT molecular complexity index is 1380.